The van der Waals surface area contributed by atoms with Crippen molar-refractivity contribution in [1.29, 1.82) is 0 Å². The Morgan fingerprint density at radius 1 is 1.08 bits per heavy atom. The van der Waals surface area contributed by atoms with E-state index in [9.17, 15) is 14.4 Å². The zero-order valence-electron chi connectivity index (χ0n) is 15.3. The van der Waals surface area contributed by atoms with Crippen molar-refractivity contribution < 1.29 is 23.9 Å². The Hall–Kier alpha value is -2.57. The van der Waals surface area contributed by atoms with E-state index in [1.165, 1.54) is 7.11 Å². The number of aryl methyl sites for hydroxylation is 1. The normalized spacial score (nSPS) is 22.2. The Kier molecular flexibility index (Phi) is 5.15. The number of benzene rings is 1. The van der Waals surface area contributed by atoms with E-state index >= 15 is 0 Å². The van der Waals surface area contributed by atoms with Crippen LogP contribution >= 0.6 is 0 Å². The molecule has 1 aromatic carbocycles. The summed E-state index contributed by atoms with van der Waals surface area (Å²) in [6.07, 6.45) is 3.40. The molecule has 1 saturated heterocycles. The molecule has 2 fully saturated rings. The fourth-order valence-corrected chi connectivity index (χ4v) is 3.84. The largest absolute Gasteiger partial charge is 0.493 e. The van der Waals surface area contributed by atoms with Gasteiger partial charge in [-0.2, -0.15) is 0 Å². The summed E-state index contributed by atoms with van der Waals surface area (Å²) in [5.41, 5.74) is 1.35. The van der Waals surface area contributed by atoms with Gasteiger partial charge in [0.25, 0.3) is 0 Å². The molecule has 3 rings (SSSR count). The Morgan fingerprint density at radius 2 is 1.62 bits per heavy atom. The number of nitrogens with zero attached hydrogens (tertiary/aromatic N) is 1. The van der Waals surface area contributed by atoms with Gasteiger partial charge in [0, 0.05) is 11.8 Å². The van der Waals surface area contributed by atoms with Gasteiger partial charge < -0.3 is 14.8 Å². The van der Waals surface area contributed by atoms with Gasteiger partial charge in [-0.1, -0.05) is 12.8 Å². The van der Waals surface area contributed by atoms with Crippen molar-refractivity contribution in [2.45, 2.75) is 32.6 Å². The minimum atomic E-state index is -0.402. The van der Waals surface area contributed by atoms with Crippen LogP contribution < -0.4 is 14.8 Å². The topological polar surface area (TPSA) is 84.9 Å². The molecule has 1 aliphatic heterocycles. The highest BCUT2D eigenvalue weighted by Gasteiger charge is 2.48. The van der Waals surface area contributed by atoms with E-state index in [2.05, 4.69) is 5.32 Å². The van der Waals surface area contributed by atoms with E-state index in [1.807, 2.05) is 6.92 Å². The third kappa shape index (κ3) is 3.25. The number of fused-ring (bicyclic) bond motifs is 1. The Balaban J connectivity index is 1.71. The van der Waals surface area contributed by atoms with E-state index in [0.29, 0.717) is 17.2 Å². The second-order valence-electron chi connectivity index (χ2n) is 6.83. The number of methoxy groups -OCH3 is 2. The van der Waals surface area contributed by atoms with Crippen molar-refractivity contribution in [3.8, 4) is 11.5 Å². The molecule has 1 N–H and O–H groups in total. The average Bonchev–Trinajstić information content (AvgIpc) is 2.88. The predicted molar refractivity (Wildman–Crippen MR) is 95.1 cm³/mol. The van der Waals surface area contributed by atoms with Gasteiger partial charge in [0.1, 0.15) is 6.54 Å². The van der Waals surface area contributed by atoms with Crippen molar-refractivity contribution in [2.75, 3.05) is 26.1 Å². The molecular formula is C19H24N2O5. The molecule has 0 unspecified atom stereocenters. The van der Waals surface area contributed by atoms with Gasteiger partial charge in [-0.25, -0.2) is 0 Å². The van der Waals surface area contributed by atoms with Crippen LogP contribution in [0.2, 0.25) is 0 Å². The maximum Gasteiger partial charge on any atom is 0.244 e. The van der Waals surface area contributed by atoms with Crippen molar-refractivity contribution in [3.63, 3.8) is 0 Å². The average molecular weight is 360 g/mol. The van der Waals surface area contributed by atoms with Crippen molar-refractivity contribution in [1.82, 2.24) is 4.90 Å². The first-order valence-corrected chi connectivity index (χ1v) is 8.84. The van der Waals surface area contributed by atoms with Gasteiger partial charge in [0.15, 0.2) is 11.5 Å². The Labute approximate surface area is 152 Å². The quantitative estimate of drug-likeness (QED) is 0.813. The molecule has 2 atom stereocenters. The maximum absolute atomic E-state index is 12.5. The SMILES string of the molecule is COc1cc(C)c(NC(=O)CN2C(=O)[C@H]3CCCC[C@H]3C2=O)cc1OC. The predicted octanol–water partition coefficient (Wildman–Crippen LogP) is 2.13. The first-order chi connectivity index (χ1) is 12.5. The van der Waals surface area contributed by atoms with Crippen LogP contribution in [-0.4, -0.2) is 43.4 Å². The molecule has 0 spiro atoms. The summed E-state index contributed by atoms with van der Waals surface area (Å²) in [5, 5.41) is 2.76. The number of hydrogen-bond donors (Lipinski definition) is 1. The summed E-state index contributed by atoms with van der Waals surface area (Å²) in [7, 11) is 3.06. The molecule has 0 aromatic heterocycles. The Bertz CT molecular complexity index is 722. The molecule has 7 heteroatoms. The molecule has 3 amide bonds. The van der Waals surface area contributed by atoms with Gasteiger partial charge in [-0.15, -0.1) is 0 Å². The highest BCUT2D eigenvalue weighted by Crippen LogP contribution is 2.38. The highest BCUT2D eigenvalue weighted by atomic mass is 16.5. The standard InChI is InChI=1S/C19H24N2O5/c1-11-8-15(25-2)16(26-3)9-14(11)20-17(22)10-21-18(23)12-6-4-5-7-13(12)19(21)24/h8-9,12-13H,4-7,10H2,1-3H3,(H,20,22)/t12-,13+. The molecular weight excluding hydrogens is 336 g/mol. The van der Waals surface area contributed by atoms with Crippen molar-refractivity contribution in [3.05, 3.63) is 17.7 Å². The van der Waals surface area contributed by atoms with E-state index in [4.69, 9.17) is 9.47 Å². The van der Waals surface area contributed by atoms with E-state index in [1.54, 1.807) is 19.2 Å². The molecule has 0 bridgehead atoms. The van der Waals surface area contributed by atoms with Crippen LogP contribution in [0.1, 0.15) is 31.2 Å². The van der Waals surface area contributed by atoms with Crippen LogP contribution in [0.4, 0.5) is 5.69 Å². The summed E-state index contributed by atoms with van der Waals surface area (Å²) >= 11 is 0. The number of anilines is 1. The van der Waals surface area contributed by atoms with Gasteiger partial charge in [-0.3, -0.25) is 19.3 Å². The van der Waals surface area contributed by atoms with Gasteiger partial charge in [-0.05, 0) is 31.4 Å². The number of carbonyl (C=O) groups excluding carboxylic acids is 3. The maximum atomic E-state index is 12.5. The number of ether oxygens (including phenoxy) is 2. The summed E-state index contributed by atoms with van der Waals surface area (Å²) in [6, 6.07) is 3.43. The molecule has 1 saturated carbocycles. The lowest BCUT2D eigenvalue weighted by atomic mass is 9.81. The first kappa shape index (κ1) is 18.2. The summed E-state index contributed by atoms with van der Waals surface area (Å²) < 4.78 is 10.5. The molecule has 1 heterocycles. The minimum Gasteiger partial charge on any atom is -0.493 e. The van der Waals surface area contributed by atoms with Crippen LogP contribution in [0.3, 0.4) is 0 Å². The molecule has 0 radical (unpaired) electrons. The van der Waals surface area contributed by atoms with E-state index in [0.717, 1.165) is 36.1 Å². The second-order valence-corrected chi connectivity index (χ2v) is 6.83. The number of carbonyl (C=O) groups is 3. The van der Waals surface area contributed by atoms with Gasteiger partial charge in [0.2, 0.25) is 17.7 Å². The summed E-state index contributed by atoms with van der Waals surface area (Å²) in [5.74, 6) is -0.248. The zero-order valence-corrected chi connectivity index (χ0v) is 15.3. The Morgan fingerprint density at radius 3 is 2.15 bits per heavy atom. The molecule has 26 heavy (non-hydrogen) atoms. The number of likely N-dealkylation sites (tertiary alicyclic amines) is 1. The van der Waals surface area contributed by atoms with Gasteiger partial charge >= 0.3 is 0 Å². The van der Waals surface area contributed by atoms with Crippen molar-refractivity contribution in [2.24, 2.45) is 11.8 Å². The number of nitrogens with one attached hydrogen (secondary N) is 1. The minimum absolute atomic E-state index is 0.209. The van der Waals surface area contributed by atoms with Crippen LogP contribution in [0.15, 0.2) is 12.1 Å². The smallest absolute Gasteiger partial charge is 0.244 e. The van der Waals surface area contributed by atoms with E-state index < -0.39 is 5.91 Å². The lowest BCUT2D eigenvalue weighted by Crippen LogP contribution is -2.38. The molecule has 7 nitrogen and oxygen atoms in total. The molecule has 2 aliphatic rings. The number of hydrogen-bond acceptors (Lipinski definition) is 5. The second kappa shape index (κ2) is 7.35. The van der Waals surface area contributed by atoms with Crippen LogP contribution in [-0.2, 0) is 14.4 Å². The number of rotatable bonds is 5. The van der Waals surface area contributed by atoms with Crippen LogP contribution in [0.25, 0.3) is 0 Å². The highest BCUT2D eigenvalue weighted by molar-refractivity contribution is 6.08. The molecule has 140 valence electrons. The monoisotopic (exact) mass is 360 g/mol. The molecule has 1 aromatic rings. The van der Waals surface area contributed by atoms with Crippen LogP contribution in [0, 0.1) is 18.8 Å². The summed E-state index contributed by atoms with van der Waals surface area (Å²) in [4.78, 5) is 38.5. The number of imide groups is 1. The lowest BCUT2D eigenvalue weighted by molar-refractivity contribution is -0.142. The summed E-state index contributed by atoms with van der Waals surface area (Å²) in [6.45, 7) is 1.58. The third-order valence-electron chi connectivity index (χ3n) is 5.24. The fraction of sp³-hybridized carbons (Fsp3) is 0.526. The lowest BCUT2D eigenvalue weighted by Gasteiger charge is -2.19. The zero-order chi connectivity index (χ0) is 18.8. The van der Waals surface area contributed by atoms with Crippen molar-refractivity contribution >= 4 is 23.4 Å². The van der Waals surface area contributed by atoms with E-state index in [-0.39, 0.29) is 30.2 Å². The van der Waals surface area contributed by atoms with Crippen LogP contribution in [0.5, 0.6) is 11.5 Å². The molecule has 1 aliphatic carbocycles. The first-order valence-electron chi connectivity index (χ1n) is 8.84. The fourth-order valence-electron chi connectivity index (χ4n) is 3.84. The third-order valence-corrected chi connectivity index (χ3v) is 5.24. The van der Waals surface area contributed by atoms with Gasteiger partial charge in [0.05, 0.1) is 26.1 Å². The number of amides is 3.